The van der Waals surface area contributed by atoms with Crippen molar-refractivity contribution in [1.29, 1.82) is 0 Å². The largest absolute Gasteiger partial charge is 0.497 e. The number of benzene rings is 3. The molecule has 1 fully saturated rings. The summed E-state index contributed by atoms with van der Waals surface area (Å²) in [6, 6.07) is 25.5. The standard InChI is InChI=1S/C33H41N3O5S/c1-41-30-20-11-15-27(23-30)25-35(32(37)21-12-22-36(42(2,39)40)29-18-7-4-8-19-29)31(24-26-13-5-3-6-14-26)33(38)34-28-16-9-10-17-28/h3-8,11,13-15,18-20,23,28,31H,9-10,12,16-17,21-22,24-25H2,1-2H3,(H,34,38). The molecular formula is C33H41N3O5S. The second kappa shape index (κ2) is 14.9. The van der Waals surface area contributed by atoms with Crippen LogP contribution in [0, 0.1) is 0 Å². The average molecular weight is 592 g/mol. The van der Waals surface area contributed by atoms with Gasteiger partial charge in [0.25, 0.3) is 0 Å². The molecule has 0 spiro atoms. The van der Waals surface area contributed by atoms with Crippen LogP contribution in [0.1, 0.15) is 49.7 Å². The molecule has 0 aliphatic heterocycles. The van der Waals surface area contributed by atoms with E-state index in [0.29, 0.717) is 24.3 Å². The third-order valence-corrected chi connectivity index (χ3v) is 8.85. The lowest BCUT2D eigenvalue weighted by molar-refractivity contribution is -0.141. The Labute approximate surface area is 249 Å². The number of nitrogens with one attached hydrogen (secondary N) is 1. The highest BCUT2D eigenvalue weighted by Gasteiger charge is 2.32. The van der Waals surface area contributed by atoms with Gasteiger partial charge < -0.3 is 15.0 Å². The third-order valence-electron chi connectivity index (χ3n) is 7.66. The molecule has 9 heteroatoms. The van der Waals surface area contributed by atoms with Crippen LogP contribution >= 0.6 is 0 Å². The van der Waals surface area contributed by atoms with E-state index in [0.717, 1.165) is 36.8 Å². The number of ether oxygens (including phenoxy) is 1. The zero-order valence-electron chi connectivity index (χ0n) is 24.4. The van der Waals surface area contributed by atoms with Gasteiger partial charge in [0.1, 0.15) is 11.8 Å². The first-order valence-electron chi connectivity index (χ1n) is 14.5. The normalized spacial score (nSPS) is 14.2. The van der Waals surface area contributed by atoms with Gasteiger partial charge in [0.2, 0.25) is 21.8 Å². The van der Waals surface area contributed by atoms with E-state index in [1.54, 1.807) is 36.3 Å². The smallest absolute Gasteiger partial charge is 0.243 e. The summed E-state index contributed by atoms with van der Waals surface area (Å²) in [4.78, 5) is 29.5. The molecule has 1 aliphatic rings. The minimum Gasteiger partial charge on any atom is -0.497 e. The van der Waals surface area contributed by atoms with Gasteiger partial charge in [-0.25, -0.2) is 8.42 Å². The number of para-hydroxylation sites is 1. The quantitative estimate of drug-likeness (QED) is 0.287. The molecule has 0 aromatic heterocycles. The van der Waals surface area contributed by atoms with E-state index in [9.17, 15) is 18.0 Å². The van der Waals surface area contributed by atoms with Gasteiger partial charge in [-0.05, 0) is 54.7 Å². The van der Waals surface area contributed by atoms with Crippen molar-refractivity contribution in [2.45, 2.75) is 63.6 Å². The fourth-order valence-corrected chi connectivity index (χ4v) is 6.45. The molecule has 0 saturated heterocycles. The van der Waals surface area contributed by atoms with Gasteiger partial charge in [-0.15, -0.1) is 0 Å². The second-order valence-electron chi connectivity index (χ2n) is 10.8. The van der Waals surface area contributed by atoms with Crippen LogP contribution in [0.3, 0.4) is 0 Å². The highest BCUT2D eigenvalue weighted by molar-refractivity contribution is 7.92. The van der Waals surface area contributed by atoms with E-state index in [4.69, 9.17) is 4.74 Å². The van der Waals surface area contributed by atoms with Crippen molar-refractivity contribution in [1.82, 2.24) is 10.2 Å². The number of hydrogen-bond acceptors (Lipinski definition) is 5. The molecule has 8 nitrogen and oxygen atoms in total. The topological polar surface area (TPSA) is 96.0 Å². The number of nitrogens with zero attached hydrogens (tertiary/aromatic N) is 2. The second-order valence-corrected chi connectivity index (χ2v) is 12.7. The summed E-state index contributed by atoms with van der Waals surface area (Å²) < 4.78 is 31.9. The van der Waals surface area contributed by atoms with E-state index in [-0.39, 0.29) is 37.4 Å². The van der Waals surface area contributed by atoms with E-state index < -0.39 is 16.1 Å². The first kappa shape index (κ1) is 31.1. The summed E-state index contributed by atoms with van der Waals surface area (Å²) >= 11 is 0. The molecule has 0 bridgehead atoms. The molecule has 1 atom stereocenters. The summed E-state index contributed by atoms with van der Waals surface area (Å²) in [5.74, 6) is 0.299. The Morgan fingerprint density at radius 3 is 2.21 bits per heavy atom. The summed E-state index contributed by atoms with van der Waals surface area (Å²) in [7, 11) is -1.95. The molecule has 1 saturated carbocycles. The fourth-order valence-electron chi connectivity index (χ4n) is 5.49. The van der Waals surface area contributed by atoms with Crippen LogP contribution in [0.25, 0.3) is 0 Å². The van der Waals surface area contributed by atoms with E-state index >= 15 is 0 Å². The molecule has 42 heavy (non-hydrogen) atoms. The fraction of sp³-hybridized carbons (Fsp3) is 0.394. The van der Waals surface area contributed by atoms with Crippen LogP contribution in [0.5, 0.6) is 5.75 Å². The molecule has 0 heterocycles. The first-order chi connectivity index (χ1) is 20.2. The molecule has 3 aromatic carbocycles. The first-order valence-corrected chi connectivity index (χ1v) is 16.4. The minimum absolute atomic E-state index is 0.0881. The van der Waals surface area contributed by atoms with Crippen molar-refractivity contribution in [3.05, 3.63) is 96.1 Å². The van der Waals surface area contributed by atoms with Crippen molar-refractivity contribution >= 4 is 27.5 Å². The lowest BCUT2D eigenvalue weighted by Gasteiger charge is -2.33. The molecule has 3 aromatic rings. The summed E-state index contributed by atoms with van der Waals surface area (Å²) in [6.45, 7) is 0.374. The summed E-state index contributed by atoms with van der Waals surface area (Å²) in [6.07, 6.45) is 5.97. The zero-order valence-corrected chi connectivity index (χ0v) is 25.3. The Morgan fingerprint density at radius 1 is 0.929 bits per heavy atom. The van der Waals surface area contributed by atoms with Crippen LogP contribution in [0.2, 0.25) is 0 Å². The molecule has 1 unspecified atom stereocenters. The van der Waals surface area contributed by atoms with E-state index in [1.165, 1.54) is 10.6 Å². The predicted octanol–water partition coefficient (Wildman–Crippen LogP) is 4.94. The number of hydrogen-bond donors (Lipinski definition) is 1. The highest BCUT2D eigenvalue weighted by Crippen LogP contribution is 2.23. The van der Waals surface area contributed by atoms with Gasteiger partial charge in [0.15, 0.2) is 0 Å². The van der Waals surface area contributed by atoms with Crippen molar-refractivity contribution in [3.63, 3.8) is 0 Å². The lowest BCUT2D eigenvalue weighted by Crippen LogP contribution is -2.52. The van der Waals surface area contributed by atoms with Gasteiger partial charge in [-0.1, -0.05) is 73.5 Å². The van der Waals surface area contributed by atoms with Crippen molar-refractivity contribution in [2.24, 2.45) is 0 Å². The maximum Gasteiger partial charge on any atom is 0.243 e. The Hall–Kier alpha value is -3.85. The van der Waals surface area contributed by atoms with Crippen LogP contribution in [0.15, 0.2) is 84.9 Å². The Balaban J connectivity index is 1.59. The SMILES string of the molecule is COc1cccc(CN(C(=O)CCCN(c2ccccc2)S(C)(=O)=O)C(Cc2ccccc2)C(=O)NC2CCCC2)c1. The minimum atomic E-state index is -3.55. The number of rotatable bonds is 14. The van der Waals surface area contributed by atoms with E-state index in [2.05, 4.69) is 5.32 Å². The van der Waals surface area contributed by atoms with Crippen LogP contribution in [-0.2, 0) is 32.6 Å². The maximum atomic E-state index is 14.0. The van der Waals surface area contributed by atoms with E-state index in [1.807, 2.05) is 60.7 Å². The summed E-state index contributed by atoms with van der Waals surface area (Å²) in [5.41, 5.74) is 2.36. The van der Waals surface area contributed by atoms with Crippen LogP contribution < -0.4 is 14.4 Å². The summed E-state index contributed by atoms with van der Waals surface area (Å²) in [5, 5.41) is 3.21. The number of amides is 2. The lowest BCUT2D eigenvalue weighted by atomic mass is 10.0. The van der Waals surface area contributed by atoms with Gasteiger partial charge in [-0.2, -0.15) is 0 Å². The number of methoxy groups -OCH3 is 1. The molecule has 2 amide bonds. The Kier molecular flexibility index (Phi) is 11.0. The molecule has 1 aliphatic carbocycles. The van der Waals surface area contributed by atoms with Crippen molar-refractivity contribution in [2.75, 3.05) is 24.2 Å². The van der Waals surface area contributed by atoms with Crippen LogP contribution in [0.4, 0.5) is 5.69 Å². The van der Waals surface area contributed by atoms with Crippen molar-refractivity contribution < 1.29 is 22.7 Å². The maximum absolute atomic E-state index is 14.0. The molecule has 0 radical (unpaired) electrons. The molecule has 224 valence electrons. The van der Waals surface area contributed by atoms with Gasteiger partial charge in [0, 0.05) is 32.0 Å². The molecule has 1 N–H and O–H groups in total. The Morgan fingerprint density at radius 2 is 1.57 bits per heavy atom. The Bertz CT molecular complexity index is 1410. The monoisotopic (exact) mass is 591 g/mol. The predicted molar refractivity (Wildman–Crippen MR) is 166 cm³/mol. The average Bonchev–Trinajstić information content (AvgIpc) is 3.50. The van der Waals surface area contributed by atoms with Crippen molar-refractivity contribution in [3.8, 4) is 5.75 Å². The molecule has 4 rings (SSSR count). The third kappa shape index (κ3) is 8.82. The van der Waals surface area contributed by atoms with Gasteiger partial charge in [0.05, 0.1) is 19.1 Å². The number of carbonyl (C=O) groups excluding carboxylic acids is 2. The van der Waals surface area contributed by atoms with Crippen LogP contribution in [-0.4, -0.2) is 57.1 Å². The van der Waals surface area contributed by atoms with Gasteiger partial charge >= 0.3 is 0 Å². The number of carbonyl (C=O) groups is 2. The molecular weight excluding hydrogens is 550 g/mol. The highest BCUT2D eigenvalue weighted by atomic mass is 32.2. The number of sulfonamides is 1. The van der Waals surface area contributed by atoms with Gasteiger partial charge in [-0.3, -0.25) is 13.9 Å². The number of anilines is 1. The zero-order chi connectivity index (χ0) is 30.0.